The molecule has 0 fully saturated rings. The van der Waals surface area contributed by atoms with E-state index in [0.29, 0.717) is 33.9 Å². The van der Waals surface area contributed by atoms with Gasteiger partial charge in [0, 0.05) is 7.05 Å². The van der Waals surface area contributed by atoms with Crippen LogP contribution in [0.1, 0.15) is 22.1 Å². The molecule has 30 heavy (non-hydrogen) atoms. The monoisotopic (exact) mass is 439 g/mol. The molecule has 0 saturated heterocycles. The summed E-state index contributed by atoms with van der Waals surface area (Å²) in [6.07, 6.45) is 0. The van der Waals surface area contributed by atoms with Gasteiger partial charge in [0.1, 0.15) is 10.7 Å². The molecular weight excluding hydrogens is 422 g/mol. The zero-order valence-corrected chi connectivity index (χ0v) is 18.3. The van der Waals surface area contributed by atoms with Crippen LogP contribution in [-0.2, 0) is 12.8 Å². The van der Waals surface area contributed by atoms with E-state index in [9.17, 15) is 4.79 Å². The Balaban J connectivity index is 1.50. The van der Waals surface area contributed by atoms with Gasteiger partial charge in [-0.3, -0.25) is 13.8 Å². The molecular formula is C19H17N7O2S2. The highest BCUT2D eigenvalue weighted by atomic mass is 32.2. The topological polar surface area (TPSA) is 104 Å². The predicted molar refractivity (Wildman–Crippen MR) is 115 cm³/mol. The first-order valence-corrected chi connectivity index (χ1v) is 11.0. The van der Waals surface area contributed by atoms with Gasteiger partial charge in [0.25, 0.3) is 16.7 Å². The van der Waals surface area contributed by atoms with E-state index in [-0.39, 0.29) is 5.56 Å². The third-order valence-electron chi connectivity index (χ3n) is 4.77. The third-order valence-corrected chi connectivity index (χ3v) is 6.65. The number of fused-ring (bicyclic) bond motifs is 3. The summed E-state index contributed by atoms with van der Waals surface area (Å²) < 4.78 is 9.24. The Hall–Kier alpha value is -3.05. The molecule has 0 aliphatic rings. The first-order valence-electron chi connectivity index (χ1n) is 9.16. The Morgan fingerprint density at radius 1 is 1.13 bits per heavy atom. The summed E-state index contributed by atoms with van der Waals surface area (Å²) in [5, 5.41) is 18.8. The Morgan fingerprint density at radius 3 is 2.73 bits per heavy atom. The largest absolute Gasteiger partial charge is 0.410 e. The number of thiazole rings is 1. The average Bonchev–Trinajstić information content (AvgIpc) is 3.43. The lowest BCUT2D eigenvalue weighted by molar-refractivity contribution is 0.466. The van der Waals surface area contributed by atoms with E-state index in [1.54, 1.807) is 7.05 Å². The molecule has 9 nitrogen and oxygen atoms in total. The van der Waals surface area contributed by atoms with Gasteiger partial charge in [0.15, 0.2) is 0 Å². The summed E-state index contributed by atoms with van der Waals surface area (Å²) in [5.41, 5.74) is 2.59. The van der Waals surface area contributed by atoms with E-state index < -0.39 is 0 Å². The molecule has 4 heterocycles. The maximum atomic E-state index is 12.7. The van der Waals surface area contributed by atoms with Crippen LogP contribution < -0.4 is 5.56 Å². The fraction of sp³-hybridized carbons (Fsp3) is 0.263. The zero-order valence-electron chi connectivity index (χ0n) is 16.7. The van der Waals surface area contributed by atoms with E-state index in [0.717, 1.165) is 26.7 Å². The van der Waals surface area contributed by atoms with Crippen molar-refractivity contribution >= 4 is 39.8 Å². The molecule has 0 aliphatic heterocycles. The van der Waals surface area contributed by atoms with Crippen LogP contribution in [0.15, 0.2) is 32.6 Å². The van der Waals surface area contributed by atoms with Crippen molar-refractivity contribution in [1.29, 1.82) is 0 Å². The van der Waals surface area contributed by atoms with Gasteiger partial charge in [0.05, 0.1) is 27.4 Å². The van der Waals surface area contributed by atoms with Crippen molar-refractivity contribution in [3.05, 3.63) is 50.6 Å². The number of aryl methyl sites for hydroxylation is 4. The van der Waals surface area contributed by atoms with Crippen molar-refractivity contribution < 1.29 is 4.42 Å². The average molecular weight is 440 g/mol. The normalized spacial score (nSPS) is 11.7. The van der Waals surface area contributed by atoms with E-state index in [1.165, 1.54) is 27.7 Å². The summed E-state index contributed by atoms with van der Waals surface area (Å²) in [7, 11) is 1.70. The predicted octanol–water partition coefficient (Wildman–Crippen LogP) is 3.31. The van der Waals surface area contributed by atoms with Crippen molar-refractivity contribution in [3.8, 4) is 10.8 Å². The van der Waals surface area contributed by atoms with Crippen molar-refractivity contribution in [2.24, 2.45) is 7.05 Å². The number of hydrogen-bond acceptors (Lipinski definition) is 9. The minimum absolute atomic E-state index is 0.0930. The molecule has 11 heteroatoms. The summed E-state index contributed by atoms with van der Waals surface area (Å²) in [6, 6.07) is 5.79. The van der Waals surface area contributed by atoms with Crippen LogP contribution in [0.25, 0.3) is 27.4 Å². The second-order valence-corrected chi connectivity index (χ2v) is 9.08. The van der Waals surface area contributed by atoms with Gasteiger partial charge in [-0.15, -0.1) is 31.7 Å². The van der Waals surface area contributed by atoms with Crippen molar-refractivity contribution in [3.63, 3.8) is 0 Å². The van der Waals surface area contributed by atoms with E-state index >= 15 is 0 Å². The number of aromatic nitrogens is 7. The fourth-order valence-corrected chi connectivity index (χ4v) is 4.89. The van der Waals surface area contributed by atoms with Crippen LogP contribution >= 0.6 is 23.1 Å². The molecule has 0 atom stereocenters. The Bertz CT molecular complexity index is 1480. The Morgan fingerprint density at radius 2 is 1.97 bits per heavy atom. The summed E-state index contributed by atoms with van der Waals surface area (Å²) in [5.74, 6) is 2.12. The van der Waals surface area contributed by atoms with Crippen molar-refractivity contribution in [1.82, 2.24) is 34.3 Å². The number of nitrogens with zero attached hydrogens (tertiary/aromatic N) is 7. The van der Waals surface area contributed by atoms with E-state index in [2.05, 4.69) is 25.4 Å². The first-order chi connectivity index (χ1) is 14.4. The maximum Gasteiger partial charge on any atom is 0.277 e. The van der Waals surface area contributed by atoms with Crippen LogP contribution in [-0.4, -0.2) is 34.3 Å². The van der Waals surface area contributed by atoms with Gasteiger partial charge >= 0.3 is 0 Å². The lowest BCUT2D eigenvalue weighted by Gasteiger charge is -2.08. The van der Waals surface area contributed by atoms with Gasteiger partial charge < -0.3 is 4.42 Å². The second kappa shape index (κ2) is 7.03. The molecule has 1 aromatic carbocycles. The van der Waals surface area contributed by atoms with Crippen molar-refractivity contribution in [2.45, 2.75) is 31.7 Å². The molecule has 0 unspecified atom stereocenters. The lowest BCUT2D eigenvalue weighted by Crippen LogP contribution is -2.20. The minimum atomic E-state index is -0.0930. The standard InChI is InChI=1S/C19H17N7O2S2/c1-9-5-6-13-12(7-9)17(27)25(4)18-23-21-14(26(13)18)8-29-19-24-22-16(28-19)15-10(2)20-11(3)30-15/h5-7H,8H2,1-4H3. The highest BCUT2D eigenvalue weighted by molar-refractivity contribution is 7.98. The molecule has 0 saturated carbocycles. The zero-order chi connectivity index (χ0) is 21.0. The molecule has 0 spiro atoms. The fourth-order valence-electron chi connectivity index (χ4n) is 3.37. The van der Waals surface area contributed by atoms with E-state index in [1.807, 2.05) is 43.4 Å². The molecule has 0 aliphatic carbocycles. The van der Waals surface area contributed by atoms with Gasteiger partial charge in [-0.25, -0.2) is 4.98 Å². The Kier molecular flexibility index (Phi) is 4.44. The lowest BCUT2D eigenvalue weighted by atomic mass is 10.1. The van der Waals surface area contributed by atoms with Gasteiger partial charge in [-0.05, 0) is 32.9 Å². The number of rotatable bonds is 4. The highest BCUT2D eigenvalue weighted by Crippen LogP contribution is 2.31. The van der Waals surface area contributed by atoms with Crippen LogP contribution in [0.2, 0.25) is 0 Å². The second-order valence-electron chi connectivity index (χ2n) is 6.95. The molecule has 5 aromatic rings. The number of hydrogen-bond donors (Lipinski definition) is 0. The molecule has 0 amide bonds. The molecule has 152 valence electrons. The quantitative estimate of drug-likeness (QED) is 0.393. The van der Waals surface area contributed by atoms with Crippen molar-refractivity contribution in [2.75, 3.05) is 0 Å². The SMILES string of the molecule is Cc1ccc2c(c1)c(=O)n(C)c1nnc(CSc3nnc(-c4sc(C)nc4C)o3)n21. The summed E-state index contributed by atoms with van der Waals surface area (Å²) in [6.45, 7) is 5.84. The summed E-state index contributed by atoms with van der Waals surface area (Å²) >= 11 is 2.90. The van der Waals surface area contributed by atoms with Gasteiger partial charge in [0.2, 0.25) is 5.78 Å². The smallest absolute Gasteiger partial charge is 0.277 e. The van der Waals surface area contributed by atoms with Crippen LogP contribution in [0.5, 0.6) is 0 Å². The van der Waals surface area contributed by atoms with E-state index in [4.69, 9.17) is 4.42 Å². The third kappa shape index (κ3) is 3.01. The highest BCUT2D eigenvalue weighted by Gasteiger charge is 2.18. The number of benzene rings is 1. The first kappa shape index (κ1) is 18.9. The van der Waals surface area contributed by atoms with Crippen LogP contribution in [0.4, 0.5) is 0 Å². The molecule has 5 rings (SSSR count). The molecule has 0 N–H and O–H groups in total. The van der Waals surface area contributed by atoms with Gasteiger partial charge in [-0.2, -0.15) is 0 Å². The van der Waals surface area contributed by atoms with Gasteiger partial charge in [-0.1, -0.05) is 23.4 Å². The molecule has 0 bridgehead atoms. The van der Waals surface area contributed by atoms with Crippen LogP contribution in [0, 0.1) is 20.8 Å². The molecule has 4 aromatic heterocycles. The Labute approximate surface area is 178 Å². The van der Waals surface area contributed by atoms with Crippen LogP contribution in [0.3, 0.4) is 0 Å². The maximum absolute atomic E-state index is 12.7. The number of thioether (sulfide) groups is 1. The minimum Gasteiger partial charge on any atom is -0.410 e. The molecule has 0 radical (unpaired) electrons. The summed E-state index contributed by atoms with van der Waals surface area (Å²) in [4.78, 5) is 18.0.